The first-order valence-electron chi connectivity index (χ1n) is 7.26. The minimum atomic E-state index is -0.368. The highest BCUT2D eigenvalue weighted by Gasteiger charge is 2.08. The Labute approximate surface area is 133 Å². The summed E-state index contributed by atoms with van der Waals surface area (Å²) in [6.07, 6.45) is 3.37. The third-order valence-electron chi connectivity index (χ3n) is 3.59. The Balaban J connectivity index is 1.68. The number of nitrogens with one attached hydrogen (secondary N) is 1. The number of rotatable bonds is 4. The van der Waals surface area contributed by atoms with Gasteiger partial charge in [-0.2, -0.15) is 5.10 Å². The number of aryl methyl sites for hydroxylation is 1. The standard InChI is InChI=1S/C18H16FN3O/c1-13-4-2-3-5-15(13)11-22-12-17(10-20-22)21-18(23)14-6-8-16(19)9-7-14/h2-10,12H,11H2,1H3,(H,21,23). The maximum atomic E-state index is 12.9. The average molecular weight is 309 g/mol. The molecule has 0 atom stereocenters. The molecule has 5 heteroatoms. The number of hydrogen-bond acceptors (Lipinski definition) is 2. The lowest BCUT2D eigenvalue weighted by atomic mass is 10.1. The summed E-state index contributed by atoms with van der Waals surface area (Å²) in [4.78, 5) is 12.1. The Bertz CT molecular complexity index is 824. The second kappa shape index (κ2) is 6.44. The molecule has 1 amide bonds. The molecule has 1 heterocycles. The van der Waals surface area contributed by atoms with Crippen LogP contribution in [0.5, 0.6) is 0 Å². The third kappa shape index (κ3) is 3.63. The number of anilines is 1. The molecule has 0 fully saturated rings. The van der Waals surface area contributed by atoms with E-state index in [1.807, 2.05) is 18.2 Å². The summed E-state index contributed by atoms with van der Waals surface area (Å²) in [5.74, 6) is -0.659. The van der Waals surface area contributed by atoms with Crippen molar-refractivity contribution in [1.82, 2.24) is 9.78 Å². The first-order chi connectivity index (χ1) is 11.1. The number of nitrogens with zero attached hydrogens (tertiary/aromatic N) is 2. The van der Waals surface area contributed by atoms with Gasteiger partial charge in [-0.15, -0.1) is 0 Å². The van der Waals surface area contributed by atoms with Crippen molar-refractivity contribution in [2.24, 2.45) is 0 Å². The fourth-order valence-corrected chi connectivity index (χ4v) is 2.28. The molecule has 0 spiro atoms. The molecule has 0 aliphatic heterocycles. The van der Waals surface area contributed by atoms with Crippen molar-refractivity contribution in [3.8, 4) is 0 Å². The van der Waals surface area contributed by atoms with Gasteiger partial charge in [-0.3, -0.25) is 9.48 Å². The molecule has 0 radical (unpaired) electrons. The van der Waals surface area contributed by atoms with Gasteiger partial charge in [-0.05, 0) is 42.3 Å². The highest BCUT2D eigenvalue weighted by molar-refractivity contribution is 6.04. The molecular formula is C18H16FN3O. The SMILES string of the molecule is Cc1ccccc1Cn1cc(NC(=O)c2ccc(F)cc2)cn1. The highest BCUT2D eigenvalue weighted by Crippen LogP contribution is 2.12. The maximum absolute atomic E-state index is 12.9. The van der Waals surface area contributed by atoms with Crippen molar-refractivity contribution in [3.05, 3.63) is 83.4 Å². The Morgan fingerprint density at radius 2 is 1.91 bits per heavy atom. The van der Waals surface area contributed by atoms with E-state index in [0.29, 0.717) is 17.8 Å². The van der Waals surface area contributed by atoms with Crippen LogP contribution in [0, 0.1) is 12.7 Å². The van der Waals surface area contributed by atoms with Gasteiger partial charge in [-0.25, -0.2) is 4.39 Å². The normalized spacial score (nSPS) is 10.5. The second-order valence-electron chi connectivity index (χ2n) is 5.31. The molecule has 3 aromatic rings. The smallest absolute Gasteiger partial charge is 0.255 e. The fourth-order valence-electron chi connectivity index (χ4n) is 2.28. The fraction of sp³-hybridized carbons (Fsp3) is 0.111. The molecule has 23 heavy (non-hydrogen) atoms. The summed E-state index contributed by atoms with van der Waals surface area (Å²) in [6.45, 7) is 2.69. The molecule has 0 unspecified atom stereocenters. The zero-order chi connectivity index (χ0) is 16.2. The van der Waals surface area contributed by atoms with Crippen LogP contribution in [-0.4, -0.2) is 15.7 Å². The van der Waals surface area contributed by atoms with Crippen LogP contribution in [0.15, 0.2) is 60.9 Å². The summed E-state index contributed by atoms with van der Waals surface area (Å²) in [7, 11) is 0. The van der Waals surface area contributed by atoms with Crippen molar-refractivity contribution in [2.45, 2.75) is 13.5 Å². The minimum Gasteiger partial charge on any atom is -0.319 e. The van der Waals surface area contributed by atoms with Crippen LogP contribution in [0.2, 0.25) is 0 Å². The van der Waals surface area contributed by atoms with Crippen LogP contribution in [-0.2, 0) is 6.54 Å². The van der Waals surface area contributed by atoms with Crippen molar-refractivity contribution < 1.29 is 9.18 Å². The van der Waals surface area contributed by atoms with Crippen molar-refractivity contribution in [1.29, 1.82) is 0 Å². The number of aromatic nitrogens is 2. The van der Waals surface area contributed by atoms with Gasteiger partial charge in [0, 0.05) is 11.8 Å². The molecule has 3 rings (SSSR count). The Kier molecular flexibility index (Phi) is 4.19. The molecule has 4 nitrogen and oxygen atoms in total. The van der Waals surface area contributed by atoms with E-state index in [9.17, 15) is 9.18 Å². The first kappa shape index (κ1) is 15.0. The van der Waals surface area contributed by atoms with E-state index in [0.717, 1.165) is 0 Å². The van der Waals surface area contributed by atoms with Crippen molar-refractivity contribution in [3.63, 3.8) is 0 Å². The van der Waals surface area contributed by atoms with Gasteiger partial charge < -0.3 is 5.32 Å². The molecule has 0 saturated carbocycles. The highest BCUT2D eigenvalue weighted by atomic mass is 19.1. The van der Waals surface area contributed by atoms with E-state index in [2.05, 4.69) is 23.4 Å². The molecule has 0 saturated heterocycles. The van der Waals surface area contributed by atoms with E-state index in [-0.39, 0.29) is 11.7 Å². The van der Waals surface area contributed by atoms with Gasteiger partial charge >= 0.3 is 0 Å². The van der Waals surface area contributed by atoms with Gasteiger partial charge in [0.1, 0.15) is 5.82 Å². The predicted molar refractivity (Wildman–Crippen MR) is 86.9 cm³/mol. The molecule has 2 aromatic carbocycles. The summed E-state index contributed by atoms with van der Waals surface area (Å²) in [5, 5.41) is 7.01. The molecule has 1 aromatic heterocycles. The van der Waals surface area contributed by atoms with Crippen LogP contribution in [0.25, 0.3) is 0 Å². The van der Waals surface area contributed by atoms with E-state index in [1.165, 1.54) is 35.4 Å². The molecule has 0 aliphatic rings. The van der Waals surface area contributed by atoms with Gasteiger partial charge in [0.2, 0.25) is 0 Å². The molecule has 116 valence electrons. The van der Waals surface area contributed by atoms with E-state index in [1.54, 1.807) is 17.1 Å². The number of carbonyl (C=O) groups is 1. The van der Waals surface area contributed by atoms with Crippen molar-refractivity contribution in [2.75, 3.05) is 5.32 Å². The Hall–Kier alpha value is -2.95. The van der Waals surface area contributed by atoms with E-state index >= 15 is 0 Å². The largest absolute Gasteiger partial charge is 0.319 e. The first-order valence-corrected chi connectivity index (χ1v) is 7.26. The van der Waals surface area contributed by atoms with Gasteiger partial charge in [0.05, 0.1) is 18.4 Å². The number of hydrogen-bond donors (Lipinski definition) is 1. The van der Waals surface area contributed by atoms with Gasteiger partial charge in [0.25, 0.3) is 5.91 Å². The second-order valence-corrected chi connectivity index (χ2v) is 5.31. The van der Waals surface area contributed by atoms with E-state index < -0.39 is 0 Å². The molecule has 0 aliphatic carbocycles. The molecular weight excluding hydrogens is 293 g/mol. The third-order valence-corrected chi connectivity index (χ3v) is 3.59. The van der Waals surface area contributed by atoms with Crippen LogP contribution in [0.3, 0.4) is 0 Å². The quantitative estimate of drug-likeness (QED) is 0.800. The lowest BCUT2D eigenvalue weighted by Crippen LogP contribution is -2.11. The van der Waals surface area contributed by atoms with Crippen LogP contribution >= 0.6 is 0 Å². The maximum Gasteiger partial charge on any atom is 0.255 e. The topological polar surface area (TPSA) is 46.9 Å². The lowest BCUT2D eigenvalue weighted by molar-refractivity contribution is 0.102. The van der Waals surface area contributed by atoms with Gasteiger partial charge in [-0.1, -0.05) is 24.3 Å². The summed E-state index contributed by atoms with van der Waals surface area (Å²) >= 11 is 0. The number of benzene rings is 2. The summed E-state index contributed by atoms with van der Waals surface area (Å²) in [5.41, 5.74) is 3.37. The molecule has 0 bridgehead atoms. The number of carbonyl (C=O) groups excluding carboxylic acids is 1. The average Bonchev–Trinajstić information content (AvgIpc) is 2.97. The van der Waals surface area contributed by atoms with E-state index in [4.69, 9.17) is 0 Å². The van der Waals surface area contributed by atoms with Crippen LogP contribution in [0.4, 0.5) is 10.1 Å². The monoisotopic (exact) mass is 309 g/mol. The van der Waals surface area contributed by atoms with Crippen LogP contribution in [0.1, 0.15) is 21.5 Å². The summed E-state index contributed by atoms with van der Waals surface area (Å²) < 4.78 is 14.6. The zero-order valence-corrected chi connectivity index (χ0v) is 12.7. The molecule has 1 N–H and O–H groups in total. The minimum absolute atomic E-state index is 0.291. The lowest BCUT2D eigenvalue weighted by Gasteiger charge is -2.05. The Morgan fingerprint density at radius 3 is 2.65 bits per heavy atom. The van der Waals surface area contributed by atoms with Crippen LogP contribution < -0.4 is 5.32 Å². The van der Waals surface area contributed by atoms with Gasteiger partial charge in [0.15, 0.2) is 0 Å². The Morgan fingerprint density at radius 1 is 1.17 bits per heavy atom. The predicted octanol–water partition coefficient (Wildman–Crippen LogP) is 3.63. The number of amides is 1. The number of halogens is 1. The van der Waals surface area contributed by atoms with Crippen molar-refractivity contribution >= 4 is 11.6 Å². The summed E-state index contributed by atoms with van der Waals surface area (Å²) in [6, 6.07) is 13.5. The zero-order valence-electron chi connectivity index (χ0n) is 12.7.